The number of carbonyl (C=O) groups is 3. The van der Waals surface area contributed by atoms with Gasteiger partial charge >= 0.3 is 6.03 Å². The fraction of sp³-hybridized carbons (Fsp3) is 0.294. The fourth-order valence-electron chi connectivity index (χ4n) is 3.72. The standard InChI is InChI=1S/C17H15N3O3/c1-20(2)16(23)19-15(22)17(20)7-11-5-10-3-4-13(9-21)18-14(10)6-12(11)8-17/h3-6,9H,7-8H2,1-2H3/p+1. The molecule has 2 aromatic rings. The number of carbonyl (C=O) groups excluding carboxylic acids is 3. The SMILES string of the molecule is C[N+]1(C)C(=O)NC(=O)C12Cc1cc3ccc(C=O)nc3cc1C2. The maximum Gasteiger partial charge on any atom is 0.423 e. The van der Waals surface area contributed by atoms with Gasteiger partial charge < -0.3 is 0 Å². The zero-order chi connectivity index (χ0) is 16.4. The Hall–Kier alpha value is -2.60. The molecule has 0 bridgehead atoms. The van der Waals surface area contributed by atoms with Gasteiger partial charge in [0.25, 0.3) is 5.91 Å². The summed E-state index contributed by atoms with van der Waals surface area (Å²) in [7, 11) is 3.54. The van der Waals surface area contributed by atoms with Gasteiger partial charge in [-0.2, -0.15) is 0 Å². The molecule has 6 nitrogen and oxygen atoms in total. The van der Waals surface area contributed by atoms with Crippen molar-refractivity contribution in [3.8, 4) is 0 Å². The van der Waals surface area contributed by atoms with Crippen molar-refractivity contribution in [2.75, 3.05) is 14.1 Å². The van der Waals surface area contributed by atoms with Crippen molar-refractivity contribution in [1.29, 1.82) is 0 Å². The lowest BCUT2D eigenvalue weighted by atomic mass is 9.92. The van der Waals surface area contributed by atoms with Crippen molar-refractivity contribution in [2.45, 2.75) is 18.4 Å². The molecular formula is C17H16N3O3+. The highest BCUT2D eigenvalue weighted by Crippen LogP contribution is 2.41. The molecule has 1 N–H and O–H groups in total. The van der Waals surface area contributed by atoms with Gasteiger partial charge in [-0.3, -0.25) is 9.59 Å². The van der Waals surface area contributed by atoms with Crippen LogP contribution in [-0.2, 0) is 17.6 Å². The zero-order valence-electron chi connectivity index (χ0n) is 12.9. The number of quaternary nitrogens is 1. The van der Waals surface area contributed by atoms with Crippen LogP contribution in [0, 0.1) is 0 Å². The second kappa shape index (κ2) is 4.23. The third kappa shape index (κ3) is 1.66. The highest BCUT2D eigenvalue weighted by Gasteiger charge is 2.65. The number of nitrogens with one attached hydrogen (secondary N) is 1. The number of likely N-dealkylation sites (N-methyl/N-ethyl adjacent to an activating group) is 1. The number of nitrogens with zero attached hydrogens (tertiary/aromatic N) is 2. The number of fused-ring (bicyclic) bond motifs is 2. The summed E-state index contributed by atoms with van der Waals surface area (Å²) in [6.07, 6.45) is 1.74. The molecule has 2 aliphatic rings. The van der Waals surface area contributed by atoms with E-state index < -0.39 is 5.54 Å². The third-order valence-corrected chi connectivity index (χ3v) is 5.34. The minimum absolute atomic E-state index is 0.00384. The van der Waals surface area contributed by atoms with Gasteiger partial charge in [-0.05, 0) is 29.3 Å². The van der Waals surface area contributed by atoms with Crippen LogP contribution in [0.5, 0.6) is 0 Å². The molecule has 1 aromatic carbocycles. The number of hydrogen-bond donors (Lipinski definition) is 1. The second-order valence-corrected chi connectivity index (χ2v) is 6.77. The molecule has 1 spiro atoms. The molecule has 1 aliphatic carbocycles. The molecule has 1 aromatic heterocycles. The summed E-state index contributed by atoms with van der Waals surface area (Å²) >= 11 is 0. The highest BCUT2D eigenvalue weighted by molar-refractivity contribution is 6.03. The van der Waals surface area contributed by atoms with Gasteiger partial charge in [-0.15, -0.1) is 0 Å². The Morgan fingerprint density at radius 2 is 1.87 bits per heavy atom. The normalized spacial score (nSPS) is 25.0. The number of benzene rings is 1. The number of aldehydes is 1. The number of imide groups is 1. The first-order valence-electron chi connectivity index (χ1n) is 7.45. The maximum atomic E-state index is 12.5. The van der Waals surface area contributed by atoms with Crippen LogP contribution in [0.1, 0.15) is 21.6 Å². The van der Waals surface area contributed by atoms with Crippen molar-refractivity contribution >= 4 is 29.1 Å². The molecule has 23 heavy (non-hydrogen) atoms. The summed E-state index contributed by atoms with van der Waals surface area (Å²) in [5.41, 5.74) is 2.42. The van der Waals surface area contributed by atoms with Gasteiger partial charge in [0.15, 0.2) is 11.8 Å². The van der Waals surface area contributed by atoms with Crippen molar-refractivity contribution in [2.24, 2.45) is 0 Å². The van der Waals surface area contributed by atoms with Crippen LogP contribution in [-0.4, -0.2) is 47.3 Å². The Kier molecular flexibility index (Phi) is 2.58. The predicted octanol–water partition coefficient (Wildman–Crippen LogP) is 1.21. The van der Waals surface area contributed by atoms with Crippen molar-refractivity contribution in [1.82, 2.24) is 10.3 Å². The average molecular weight is 310 g/mol. The quantitative estimate of drug-likeness (QED) is 0.488. The lowest BCUT2D eigenvalue weighted by Gasteiger charge is -2.34. The summed E-state index contributed by atoms with van der Waals surface area (Å²) in [4.78, 5) is 39.8. The largest absolute Gasteiger partial charge is 0.423 e. The van der Waals surface area contributed by atoms with E-state index >= 15 is 0 Å². The molecule has 1 unspecified atom stereocenters. The van der Waals surface area contributed by atoms with E-state index in [1.54, 1.807) is 20.2 Å². The van der Waals surface area contributed by atoms with E-state index in [1.807, 2.05) is 18.2 Å². The van der Waals surface area contributed by atoms with Crippen LogP contribution < -0.4 is 5.32 Å². The number of urea groups is 1. The number of rotatable bonds is 1. The Morgan fingerprint density at radius 1 is 1.17 bits per heavy atom. The minimum Gasteiger partial charge on any atom is -0.296 e. The van der Waals surface area contributed by atoms with Crippen LogP contribution >= 0.6 is 0 Å². The van der Waals surface area contributed by atoms with Crippen LogP contribution in [0.25, 0.3) is 10.9 Å². The molecule has 116 valence electrons. The molecule has 1 saturated heterocycles. The summed E-state index contributed by atoms with van der Waals surface area (Å²) < 4.78 is 0.00384. The summed E-state index contributed by atoms with van der Waals surface area (Å²) in [6, 6.07) is 7.21. The van der Waals surface area contributed by atoms with Crippen LogP contribution in [0.3, 0.4) is 0 Å². The van der Waals surface area contributed by atoms with Crippen molar-refractivity contribution < 1.29 is 18.9 Å². The number of hydrogen-bond acceptors (Lipinski definition) is 4. The summed E-state index contributed by atoms with van der Waals surface area (Å²) in [5.74, 6) is -0.214. The predicted molar refractivity (Wildman–Crippen MR) is 82.9 cm³/mol. The number of amides is 3. The molecule has 2 heterocycles. The molecule has 1 atom stereocenters. The molecule has 6 heteroatoms. The Morgan fingerprint density at radius 3 is 2.48 bits per heavy atom. The molecule has 4 rings (SSSR count). The maximum absolute atomic E-state index is 12.5. The Labute approximate surface area is 132 Å². The number of aromatic nitrogens is 1. The van der Waals surface area contributed by atoms with Gasteiger partial charge in [0, 0.05) is 18.2 Å². The topological polar surface area (TPSA) is 76.1 Å². The number of pyridine rings is 1. The lowest BCUT2D eigenvalue weighted by molar-refractivity contribution is -0.846. The molecule has 3 amide bonds. The Balaban J connectivity index is 1.86. The van der Waals surface area contributed by atoms with E-state index in [2.05, 4.69) is 10.3 Å². The molecule has 0 radical (unpaired) electrons. The van der Waals surface area contributed by atoms with Crippen LogP contribution in [0.2, 0.25) is 0 Å². The van der Waals surface area contributed by atoms with Gasteiger partial charge in [0.05, 0.1) is 19.6 Å². The van der Waals surface area contributed by atoms with E-state index in [9.17, 15) is 14.4 Å². The first-order chi connectivity index (χ1) is 10.9. The van der Waals surface area contributed by atoms with E-state index in [1.165, 1.54) is 0 Å². The zero-order valence-corrected chi connectivity index (χ0v) is 12.9. The molecule has 1 aliphatic heterocycles. The molecular weight excluding hydrogens is 294 g/mol. The smallest absolute Gasteiger partial charge is 0.296 e. The third-order valence-electron chi connectivity index (χ3n) is 5.34. The monoisotopic (exact) mass is 310 g/mol. The molecule has 0 saturated carbocycles. The van der Waals surface area contributed by atoms with E-state index in [-0.39, 0.29) is 16.4 Å². The van der Waals surface area contributed by atoms with E-state index in [0.717, 1.165) is 28.3 Å². The van der Waals surface area contributed by atoms with E-state index in [0.29, 0.717) is 18.5 Å². The lowest BCUT2D eigenvalue weighted by Crippen LogP contribution is -2.60. The van der Waals surface area contributed by atoms with Gasteiger partial charge in [0.2, 0.25) is 0 Å². The highest BCUT2D eigenvalue weighted by atomic mass is 16.2. The minimum atomic E-state index is -0.787. The first kappa shape index (κ1) is 14.0. The van der Waals surface area contributed by atoms with Gasteiger partial charge in [0.1, 0.15) is 5.69 Å². The first-order valence-corrected chi connectivity index (χ1v) is 7.45. The summed E-state index contributed by atoms with van der Waals surface area (Å²) in [5, 5.41) is 3.40. The Bertz CT molecular complexity index is 903. The molecule has 1 fully saturated rings. The summed E-state index contributed by atoms with van der Waals surface area (Å²) in [6.45, 7) is 0. The van der Waals surface area contributed by atoms with Crippen LogP contribution in [0.15, 0.2) is 24.3 Å². The van der Waals surface area contributed by atoms with Crippen LogP contribution in [0.4, 0.5) is 4.79 Å². The fourth-order valence-corrected chi connectivity index (χ4v) is 3.72. The van der Waals surface area contributed by atoms with Crippen molar-refractivity contribution in [3.63, 3.8) is 0 Å². The van der Waals surface area contributed by atoms with E-state index in [4.69, 9.17) is 0 Å². The van der Waals surface area contributed by atoms with Gasteiger partial charge in [-0.25, -0.2) is 19.6 Å². The second-order valence-electron chi connectivity index (χ2n) is 6.77. The van der Waals surface area contributed by atoms with Crippen molar-refractivity contribution in [3.05, 3.63) is 41.1 Å². The van der Waals surface area contributed by atoms with Gasteiger partial charge in [-0.1, -0.05) is 6.07 Å². The average Bonchev–Trinajstić information content (AvgIpc) is 2.97.